The molecule has 0 saturated carbocycles. The van der Waals surface area contributed by atoms with Crippen molar-refractivity contribution in [3.05, 3.63) is 66.9 Å². The van der Waals surface area contributed by atoms with Crippen molar-refractivity contribution in [3.63, 3.8) is 0 Å². The number of hydrogen-bond acceptors (Lipinski definition) is 1. The van der Waals surface area contributed by atoms with Gasteiger partial charge in [0.05, 0.1) is 5.69 Å². The van der Waals surface area contributed by atoms with E-state index in [1.54, 1.807) is 0 Å². The van der Waals surface area contributed by atoms with Gasteiger partial charge in [-0.3, -0.25) is 4.79 Å². The minimum atomic E-state index is -0.0616. The maximum Gasteiger partial charge on any atom is 0.256 e. The minimum absolute atomic E-state index is 0.0616. The van der Waals surface area contributed by atoms with Crippen molar-refractivity contribution in [1.29, 1.82) is 0 Å². The van der Waals surface area contributed by atoms with E-state index in [9.17, 15) is 4.79 Å². The number of pyridine rings is 1. The first kappa shape index (κ1) is 12.9. The zero-order chi connectivity index (χ0) is 13.4. The highest BCUT2D eigenvalue weighted by Crippen LogP contribution is 2.31. The lowest BCUT2D eigenvalue weighted by Gasteiger charge is -2.08. The summed E-state index contributed by atoms with van der Waals surface area (Å²) in [6.07, 6.45) is 0. The average Bonchev–Trinajstić information content (AvgIpc) is 2.43. The molecular formula is C15H9BrINO. The molecule has 0 radical (unpaired) electrons. The lowest BCUT2D eigenvalue weighted by Crippen LogP contribution is -2.08. The highest BCUT2D eigenvalue weighted by molar-refractivity contribution is 14.1. The summed E-state index contributed by atoms with van der Waals surface area (Å²) in [5, 5.41) is 1.64. The second-order valence-corrected chi connectivity index (χ2v) is 6.24. The number of halogens is 2. The predicted molar refractivity (Wildman–Crippen MR) is 90.4 cm³/mol. The molecule has 0 aliphatic carbocycles. The standard InChI is InChI=1S/C15H9BrINO/c16-13-12-8-10(17)6-7-11(12)15(19)18-14(13)9-4-2-1-3-5-9/h1-8H,(H,18,19). The normalized spacial score (nSPS) is 10.8. The molecule has 0 fully saturated rings. The fourth-order valence-electron chi connectivity index (χ4n) is 2.07. The van der Waals surface area contributed by atoms with E-state index in [1.165, 1.54) is 0 Å². The Balaban J connectivity index is 2.40. The molecule has 19 heavy (non-hydrogen) atoms. The summed E-state index contributed by atoms with van der Waals surface area (Å²) in [7, 11) is 0. The van der Waals surface area contributed by atoms with Crippen LogP contribution < -0.4 is 5.56 Å². The molecule has 2 nitrogen and oxygen atoms in total. The summed E-state index contributed by atoms with van der Waals surface area (Å²) < 4.78 is 2.03. The van der Waals surface area contributed by atoms with Crippen molar-refractivity contribution < 1.29 is 0 Å². The van der Waals surface area contributed by atoms with Crippen LogP contribution in [0.15, 0.2) is 57.8 Å². The first-order valence-corrected chi connectivity index (χ1v) is 7.60. The average molecular weight is 426 g/mol. The quantitative estimate of drug-likeness (QED) is 0.569. The molecule has 3 aromatic rings. The summed E-state index contributed by atoms with van der Waals surface area (Å²) in [5.41, 5.74) is 1.75. The Labute approximate surface area is 132 Å². The summed E-state index contributed by atoms with van der Waals surface area (Å²) in [4.78, 5) is 15.1. The number of H-pyrrole nitrogens is 1. The van der Waals surface area contributed by atoms with Crippen LogP contribution in [-0.2, 0) is 0 Å². The van der Waals surface area contributed by atoms with Crippen molar-refractivity contribution in [2.45, 2.75) is 0 Å². The Morgan fingerprint density at radius 3 is 2.47 bits per heavy atom. The molecular weight excluding hydrogens is 417 g/mol. The number of rotatable bonds is 1. The monoisotopic (exact) mass is 425 g/mol. The molecule has 0 spiro atoms. The van der Waals surface area contributed by atoms with E-state index < -0.39 is 0 Å². The van der Waals surface area contributed by atoms with Gasteiger partial charge in [-0.25, -0.2) is 0 Å². The van der Waals surface area contributed by atoms with Gasteiger partial charge in [0.15, 0.2) is 0 Å². The predicted octanol–water partition coefficient (Wildman–Crippen LogP) is 4.56. The summed E-state index contributed by atoms with van der Waals surface area (Å²) in [5.74, 6) is 0. The van der Waals surface area contributed by atoms with Gasteiger partial charge >= 0.3 is 0 Å². The number of hydrogen-bond donors (Lipinski definition) is 1. The first-order valence-electron chi connectivity index (χ1n) is 5.73. The second kappa shape index (κ2) is 5.09. The zero-order valence-electron chi connectivity index (χ0n) is 9.78. The molecule has 1 heterocycles. The number of nitrogens with one attached hydrogen (secondary N) is 1. The zero-order valence-corrected chi connectivity index (χ0v) is 13.5. The Morgan fingerprint density at radius 2 is 1.74 bits per heavy atom. The molecule has 1 aromatic heterocycles. The van der Waals surface area contributed by atoms with Gasteiger partial charge in [0.1, 0.15) is 0 Å². The number of benzene rings is 2. The molecule has 0 amide bonds. The van der Waals surface area contributed by atoms with Crippen LogP contribution in [0.4, 0.5) is 0 Å². The molecule has 0 saturated heterocycles. The van der Waals surface area contributed by atoms with Crippen LogP contribution in [0.3, 0.4) is 0 Å². The van der Waals surface area contributed by atoms with Gasteiger partial charge in [-0.15, -0.1) is 0 Å². The number of aromatic amines is 1. The summed E-state index contributed by atoms with van der Waals surface area (Å²) in [6, 6.07) is 15.6. The van der Waals surface area contributed by atoms with Gasteiger partial charge in [-0.2, -0.15) is 0 Å². The Hall–Kier alpha value is -1.14. The Morgan fingerprint density at radius 1 is 1.00 bits per heavy atom. The van der Waals surface area contributed by atoms with Crippen LogP contribution in [0.1, 0.15) is 0 Å². The van der Waals surface area contributed by atoms with Crippen LogP contribution in [-0.4, -0.2) is 4.98 Å². The van der Waals surface area contributed by atoms with Crippen molar-refractivity contribution in [2.75, 3.05) is 0 Å². The molecule has 3 rings (SSSR count). The van der Waals surface area contributed by atoms with E-state index in [0.29, 0.717) is 5.39 Å². The maximum atomic E-state index is 12.2. The maximum absolute atomic E-state index is 12.2. The van der Waals surface area contributed by atoms with E-state index >= 15 is 0 Å². The van der Waals surface area contributed by atoms with Crippen LogP contribution in [0, 0.1) is 3.57 Å². The fourth-order valence-corrected chi connectivity index (χ4v) is 3.22. The van der Waals surface area contributed by atoms with Crippen molar-refractivity contribution in [2.24, 2.45) is 0 Å². The van der Waals surface area contributed by atoms with Gasteiger partial charge < -0.3 is 4.98 Å². The second-order valence-electron chi connectivity index (χ2n) is 4.20. The Kier molecular flexibility index (Phi) is 3.45. The van der Waals surface area contributed by atoms with Crippen molar-refractivity contribution in [1.82, 2.24) is 4.98 Å². The Bertz CT molecular complexity index is 811. The summed E-state index contributed by atoms with van der Waals surface area (Å²) >= 11 is 5.86. The molecule has 4 heteroatoms. The largest absolute Gasteiger partial charge is 0.320 e. The third-order valence-electron chi connectivity index (χ3n) is 2.98. The van der Waals surface area contributed by atoms with Crippen LogP contribution in [0.2, 0.25) is 0 Å². The highest BCUT2D eigenvalue weighted by Gasteiger charge is 2.10. The summed E-state index contributed by atoms with van der Waals surface area (Å²) in [6.45, 7) is 0. The fraction of sp³-hybridized carbons (Fsp3) is 0. The van der Waals surface area contributed by atoms with Gasteiger partial charge in [-0.05, 0) is 62.3 Å². The molecule has 2 aromatic carbocycles. The van der Waals surface area contributed by atoms with Crippen molar-refractivity contribution in [3.8, 4) is 11.3 Å². The third kappa shape index (κ3) is 2.34. The van der Waals surface area contributed by atoms with E-state index in [0.717, 1.165) is 24.7 Å². The smallest absolute Gasteiger partial charge is 0.256 e. The van der Waals surface area contributed by atoms with E-state index in [4.69, 9.17) is 0 Å². The van der Waals surface area contributed by atoms with Crippen LogP contribution in [0.5, 0.6) is 0 Å². The van der Waals surface area contributed by atoms with Crippen LogP contribution in [0.25, 0.3) is 22.0 Å². The lowest BCUT2D eigenvalue weighted by molar-refractivity contribution is 1.26. The SMILES string of the molecule is O=c1[nH]c(-c2ccccc2)c(Br)c2cc(I)ccc12. The lowest BCUT2D eigenvalue weighted by atomic mass is 10.1. The highest BCUT2D eigenvalue weighted by atomic mass is 127. The van der Waals surface area contributed by atoms with Gasteiger partial charge in [0.25, 0.3) is 5.56 Å². The first-order chi connectivity index (χ1) is 9.16. The van der Waals surface area contributed by atoms with Gasteiger partial charge in [0, 0.05) is 18.8 Å². The third-order valence-corrected chi connectivity index (χ3v) is 4.48. The number of aromatic nitrogens is 1. The molecule has 0 bridgehead atoms. The van der Waals surface area contributed by atoms with E-state index in [1.807, 2.05) is 48.5 Å². The van der Waals surface area contributed by atoms with E-state index in [-0.39, 0.29) is 5.56 Å². The molecule has 0 atom stereocenters. The topological polar surface area (TPSA) is 32.9 Å². The molecule has 0 unspecified atom stereocenters. The van der Waals surface area contributed by atoms with Gasteiger partial charge in [0.2, 0.25) is 0 Å². The molecule has 0 aliphatic rings. The number of fused-ring (bicyclic) bond motifs is 1. The minimum Gasteiger partial charge on any atom is -0.320 e. The molecule has 94 valence electrons. The van der Waals surface area contributed by atoms with E-state index in [2.05, 4.69) is 43.5 Å². The van der Waals surface area contributed by atoms with Crippen molar-refractivity contribution >= 4 is 49.3 Å². The molecule has 1 N–H and O–H groups in total. The van der Waals surface area contributed by atoms with Gasteiger partial charge in [-0.1, -0.05) is 30.3 Å². The van der Waals surface area contributed by atoms with Crippen LogP contribution >= 0.6 is 38.5 Å². The molecule has 0 aliphatic heterocycles.